The highest BCUT2D eigenvalue weighted by Gasteiger charge is 2.30. The highest BCUT2D eigenvalue weighted by molar-refractivity contribution is 6.42. The second-order valence-electron chi connectivity index (χ2n) is 23.0. The Labute approximate surface area is 419 Å². The summed E-state index contributed by atoms with van der Waals surface area (Å²) in [4.78, 5) is 0. The van der Waals surface area contributed by atoms with Crippen molar-refractivity contribution in [3.8, 4) is 0 Å². The van der Waals surface area contributed by atoms with Crippen LogP contribution in [0.4, 0.5) is 0 Å². The fraction of sp³-hybridized carbons (Fsp3) is 0.371. The Morgan fingerprint density at radius 2 is 0.157 bits per heavy atom. The summed E-state index contributed by atoms with van der Waals surface area (Å²) < 4.78 is 0. The zero-order valence-corrected chi connectivity index (χ0v) is 48.0. The number of aryl methyl sites for hydroxylation is 17. The van der Waals surface area contributed by atoms with Crippen molar-refractivity contribution >= 4 is 97.0 Å². The van der Waals surface area contributed by atoms with Crippen molar-refractivity contribution in [2.75, 3.05) is 0 Å². The molecule has 0 aromatic heterocycles. The molecule has 0 heterocycles. The highest BCUT2D eigenvalue weighted by Crippen LogP contribution is 2.54. The van der Waals surface area contributed by atoms with E-state index in [2.05, 4.69) is 180 Å². The van der Waals surface area contributed by atoms with Crippen molar-refractivity contribution in [3.63, 3.8) is 0 Å². The minimum absolute atomic E-state index is 1.44. The summed E-state index contributed by atoms with van der Waals surface area (Å²) in [6.45, 7) is 61.0. The highest BCUT2D eigenvalue weighted by atomic mass is 14.3. The van der Waals surface area contributed by atoms with Gasteiger partial charge in [0.25, 0.3) is 0 Å². The number of hydrogen-bond acceptors (Lipinski definition) is 0. The van der Waals surface area contributed by atoms with Crippen LogP contribution in [0.3, 0.4) is 0 Å². The quantitative estimate of drug-likeness (QED) is 0.105. The Hall–Kier alpha value is -5.72. The maximum atomic E-state index is 2.39. The molecule has 358 valence electrons. The van der Waals surface area contributed by atoms with Crippen molar-refractivity contribution < 1.29 is 0 Å². The van der Waals surface area contributed by atoms with Crippen molar-refractivity contribution in [1.82, 2.24) is 0 Å². The van der Waals surface area contributed by atoms with Crippen molar-refractivity contribution in [2.45, 2.75) is 180 Å². The van der Waals surface area contributed by atoms with Crippen LogP contribution in [-0.4, -0.2) is 0 Å². The van der Waals surface area contributed by atoms with Crippen LogP contribution in [0.5, 0.6) is 0 Å². The fourth-order valence-electron chi connectivity index (χ4n) is 14.8. The summed E-state index contributed by atoms with van der Waals surface area (Å²) in [6, 6.07) is 0. The van der Waals surface area contributed by atoms with Gasteiger partial charge in [0, 0.05) is 0 Å². The second kappa shape index (κ2) is 15.4. The Kier molecular flexibility index (Phi) is 10.5. The van der Waals surface area contributed by atoms with Crippen LogP contribution in [-0.2, 0) is 0 Å². The summed E-state index contributed by atoms with van der Waals surface area (Å²) in [7, 11) is 0. The van der Waals surface area contributed by atoms with Crippen LogP contribution < -0.4 is 0 Å². The van der Waals surface area contributed by atoms with Gasteiger partial charge in [-0.2, -0.15) is 0 Å². The van der Waals surface area contributed by atoms with E-state index in [0.717, 1.165) is 0 Å². The van der Waals surface area contributed by atoms with E-state index in [-0.39, 0.29) is 0 Å². The van der Waals surface area contributed by atoms with Crippen molar-refractivity contribution in [1.29, 1.82) is 0 Å². The average Bonchev–Trinajstić information content (AvgIpc) is 3.32. The van der Waals surface area contributed by atoms with E-state index in [1.54, 1.807) is 0 Å². The van der Waals surface area contributed by atoms with Gasteiger partial charge in [0.2, 0.25) is 0 Å². The first-order valence-electron chi connectivity index (χ1n) is 26.2. The van der Waals surface area contributed by atoms with E-state index >= 15 is 0 Å². The normalized spacial score (nSPS) is 12.4. The Bertz CT molecular complexity index is 4030. The van der Waals surface area contributed by atoms with Gasteiger partial charge >= 0.3 is 0 Å². The molecular weight excluding hydrogens is 841 g/mol. The summed E-state index contributed by atoms with van der Waals surface area (Å²) in [5.41, 5.74) is 37.6. The minimum atomic E-state index is 1.44. The van der Waals surface area contributed by atoms with Gasteiger partial charge in [-0.15, -0.1) is 0 Å². The molecular formula is C70H78. The lowest BCUT2D eigenvalue weighted by Crippen LogP contribution is -2.05. The first-order chi connectivity index (χ1) is 32.7. The number of benzene rings is 11. The maximum absolute atomic E-state index is 2.39. The largest absolute Gasteiger partial charge is 0.0444 e. The van der Waals surface area contributed by atoms with Gasteiger partial charge < -0.3 is 0 Å². The molecule has 0 aliphatic rings. The Morgan fingerprint density at radius 1 is 0.0714 bits per heavy atom. The van der Waals surface area contributed by atoms with E-state index in [1.165, 1.54) is 242 Å². The third-order valence-electron chi connectivity index (χ3n) is 20.8. The predicted molar refractivity (Wildman–Crippen MR) is 316 cm³/mol. The van der Waals surface area contributed by atoms with Crippen LogP contribution >= 0.6 is 0 Å². The molecule has 0 nitrogen and oxygen atoms in total. The summed E-state index contributed by atoms with van der Waals surface area (Å²) in [5, 5.41) is 26.8. The molecule has 0 bridgehead atoms. The van der Waals surface area contributed by atoms with Gasteiger partial charge in [0.05, 0.1) is 0 Å². The lowest BCUT2D eigenvalue weighted by Gasteiger charge is -2.29. The molecule has 11 aromatic carbocycles. The molecule has 0 saturated heterocycles. The summed E-state index contributed by atoms with van der Waals surface area (Å²) in [6.07, 6.45) is 0. The standard InChI is InChI=1S/C38H42.C32H36/c1-15-16(2)24(10)32-30(20(15)6)28(14)31-23(9)19(5)26(12)34-33-25(11)17(3)21(7)29-22(8)18(4)27(13)35(36(29)33)38(32)37(31)34;1-13-17(5)25-18(6)14(2)23(11)29-30-24(12)16(4)20(8)26-19(7)15(3)22(10)28(32(26)30)27(21(13)9)31(25)29/h1-14H3;1-12H3. The van der Waals surface area contributed by atoms with Crippen LogP contribution in [0.25, 0.3) is 97.0 Å². The maximum Gasteiger partial charge on any atom is -0.000805 e. The second-order valence-corrected chi connectivity index (χ2v) is 23.0. The number of fused-ring (bicyclic) bond motifs is 6. The van der Waals surface area contributed by atoms with E-state index in [0.29, 0.717) is 0 Å². The predicted octanol–water partition coefficient (Wildman–Crippen LogP) is 20.6. The van der Waals surface area contributed by atoms with Gasteiger partial charge in [0.15, 0.2) is 0 Å². The van der Waals surface area contributed by atoms with E-state index in [4.69, 9.17) is 0 Å². The van der Waals surface area contributed by atoms with E-state index in [9.17, 15) is 0 Å². The molecule has 0 fully saturated rings. The number of hydrogen-bond donors (Lipinski definition) is 0. The average molecular weight is 919 g/mol. The molecule has 0 N–H and O–H groups in total. The smallest absolute Gasteiger partial charge is 0.000805 e. The van der Waals surface area contributed by atoms with Gasteiger partial charge in [-0.1, -0.05) is 0 Å². The molecule has 0 amide bonds. The molecule has 11 rings (SSSR count). The summed E-state index contributed by atoms with van der Waals surface area (Å²) in [5.74, 6) is 0. The Balaban J connectivity index is 0.000000165. The van der Waals surface area contributed by atoms with Crippen LogP contribution in [0.15, 0.2) is 0 Å². The van der Waals surface area contributed by atoms with Crippen LogP contribution in [0, 0.1) is 180 Å². The summed E-state index contributed by atoms with van der Waals surface area (Å²) >= 11 is 0. The van der Waals surface area contributed by atoms with Crippen LogP contribution in [0.2, 0.25) is 0 Å². The molecule has 0 spiro atoms. The third-order valence-corrected chi connectivity index (χ3v) is 20.8. The molecule has 0 heteroatoms. The van der Waals surface area contributed by atoms with Gasteiger partial charge in [-0.25, -0.2) is 0 Å². The molecule has 0 aliphatic carbocycles. The third kappa shape index (κ3) is 5.50. The van der Waals surface area contributed by atoms with Gasteiger partial charge in [-0.05, 0) is 422 Å². The zero-order valence-electron chi connectivity index (χ0n) is 48.0. The topological polar surface area (TPSA) is 0 Å². The van der Waals surface area contributed by atoms with Crippen molar-refractivity contribution in [3.05, 3.63) is 145 Å². The SMILES string of the molecule is Cc1c(C)c(C)c2c(c1C)c(C)c1c(C)c(C)c(C)c3c4c(C)c(C)c(C)c5c(C)c(C)c(C)c(c54)c2c13.Cc1c(C)c2c(C)c(C)c(C)c3c4c(C)c(C)c(C)c5c(C)c(C)c(C)c(c(c1C)c23)c54. The first-order valence-corrected chi connectivity index (χ1v) is 26.2. The first kappa shape index (κ1) is 47.9. The zero-order chi connectivity index (χ0) is 51.4. The molecule has 0 radical (unpaired) electrons. The van der Waals surface area contributed by atoms with Gasteiger partial charge in [-0.3, -0.25) is 0 Å². The molecule has 70 heavy (non-hydrogen) atoms. The molecule has 0 aliphatic heterocycles. The number of rotatable bonds is 0. The lowest BCUT2D eigenvalue weighted by atomic mass is 9.74. The van der Waals surface area contributed by atoms with Crippen LogP contribution in [0.1, 0.15) is 145 Å². The van der Waals surface area contributed by atoms with Crippen molar-refractivity contribution in [2.24, 2.45) is 0 Å². The lowest BCUT2D eigenvalue weighted by molar-refractivity contribution is 1.25. The van der Waals surface area contributed by atoms with E-state index in [1.807, 2.05) is 0 Å². The monoisotopic (exact) mass is 919 g/mol. The fourth-order valence-corrected chi connectivity index (χ4v) is 14.8. The molecule has 0 unspecified atom stereocenters. The molecule has 0 saturated carbocycles. The molecule has 0 atom stereocenters. The van der Waals surface area contributed by atoms with E-state index < -0.39 is 0 Å². The Morgan fingerprint density at radius 3 is 0.357 bits per heavy atom. The van der Waals surface area contributed by atoms with Gasteiger partial charge in [0.1, 0.15) is 0 Å². The minimum Gasteiger partial charge on any atom is -0.0444 e. The molecule has 11 aromatic rings.